The zero-order valence-corrected chi connectivity index (χ0v) is 39.4. The Morgan fingerprint density at radius 1 is 0.560 bits per heavy atom. The van der Waals surface area contributed by atoms with Gasteiger partial charge >= 0.3 is 11.9 Å². The molecule has 0 unspecified atom stereocenters. The van der Waals surface area contributed by atoms with E-state index >= 15 is 0 Å². The maximum atomic E-state index is 14.6. The van der Waals surface area contributed by atoms with Crippen molar-refractivity contribution >= 4 is 35.1 Å². The van der Waals surface area contributed by atoms with Crippen LogP contribution in [-0.2, 0) is 42.7 Å². The van der Waals surface area contributed by atoms with Crippen LogP contribution in [0.1, 0.15) is 25.0 Å². The van der Waals surface area contributed by atoms with Crippen molar-refractivity contribution in [1.29, 1.82) is 0 Å². The van der Waals surface area contributed by atoms with E-state index in [4.69, 9.17) is 42.3 Å². The second kappa shape index (κ2) is 22.6. The molecule has 24 nitrogen and oxygen atoms in total. The van der Waals surface area contributed by atoms with Crippen LogP contribution in [0.5, 0.6) is 40.2 Å². The summed E-state index contributed by atoms with van der Waals surface area (Å²) in [4.78, 5) is 41.4. The van der Waals surface area contributed by atoms with Crippen LogP contribution in [0.15, 0.2) is 100 Å². The Balaban J connectivity index is 1.19. The fourth-order valence-corrected chi connectivity index (χ4v) is 8.37. The monoisotopic (exact) mass is 1050 g/mol. The largest absolute Gasteiger partial charge is 0.508 e. The molecule has 12 N–H and O–H groups in total. The summed E-state index contributed by atoms with van der Waals surface area (Å²) in [7, 11) is 0. The fourth-order valence-electron chi connectivity index (χ4n) is 8.37. The van der Waals surface area contributed by atoms with Crippen LogP contribution in [0.2, 0.25) is 0 Å². The average Bonchev–Trinajstić information content (AvgIpc) is 3.37. The van der Waals surface area contributed by atoms with E-state index < -0.39 is 162 Å². The summed E-state index contributed by atoms with van der Waals surface area (Å²) < 4.78 is 53.3. The Morgan fingerprint density at radius 3 is 1.76 bits per heavy atom. The molecule has 3 aliphatic heterocycles. The number of phenolic OH excluding ortho intramolecular Hbond substituents is 6. The topological polar surface area (TPSA) is 381 Å². The van der Waals surface area contributed by atoms with Crippen LogP contribution in [-0.4, -0.2) is 172 Å². The molecule has 0 amide bonds. The molecule has 15 atom stereocenters. The SMILES string of the molecule is C[C@@H]1O[C@H](OC[C@@H]2O[C@@H](Oc3c(-c4ccc(O)c(O)c4)oc4cc(O)cc(O)c4c3=O)[C@H](O[C@H]3O[C@@H](C)[C@H](OC(=O)/C=C/c4ccc(O)cc4)[C@@H](O)[C@@H]3O)[C@@H](OC(=O)/C=C\c3ccc(O)cc3)[C@@H]2O)[C@@H](O)[C@H](O)[C@H]1O. The molecule has 3 saturated heterocycles. The number of aliphatic hydroxyl groups excluding tert-OH is 6. The molecule has 8 rings (SSSR count). The highest BCUT2D eigenvalue weighted by Gasteiger charge is 2.55. The predicted molar refractivity (Wildman–Crippen MR) is 253 cm³/mol. The molecule has 24 heteroatoms. The number of fused-ring (bicyclic) bond motifs is 1. The van der Waals surface area contributed by atoms with Gasteiger partial charge in [-0.3, -0.25) is 4.79 Å². The number of carbonyl (C=O) groups excluding carboxylic acids is 2. The summed E-state index contributed by atoms with van der Waals surface area (Å²) in [5, 5.41) is 128. The summed E-state index contributed by atoms with van der Waals surface area (Å²) in [5.74, 6) is -6.34. The summed E-state index contributed by atoms with van der Waals surface area (Å²) in [5.41, 5.74) is -0.869. The van der Waals surface area contributed by atoms with Gasteiger partial charge in [0, 0.05) is 29.8 Å². The van der Waals surface area contributed by atoms with Crippen molar-refractivity contribution in [2.75, 3.05) is 6.61 Å². The van der Waals surface area contributed by atoms with Crippen LogP contribution in [0.25, 0.3) is 34.4 Å². The minimum atomic E-state index is -2.20. The number of ether oxygens (including phenoxy) is 8. The summed E-state index contributed by atoms with van der Waals surface area (Å²) in [6.45, 7) is 1.89. The molecule has 3 fully saturated rings. The third kappa shape index (κ3) is 12.0. The van der Waals surface area contributed by atoms with Gasteiger partial charge < -0.3 is 104 Å². The van der Waals surface area contributed by atoms with Gasteiger partial charge in [-0.25, -0.2) is 9.59 Å². The Labute approximate surface area is 423 Å². The van der Waals surface area contributed by atoms with Crippen LogP contribution in [0.4, 0.5) is 0 Å². The molecule has 3 aliphatic rings. The van der Waals surface area contributed by atoms with E-state index in [-0.39, 0.29) is 17.1 Å². The molecule has 0 aliphatic carbocycles. The highest BCUT2D eigenvalue weighted by atomic mass is 16.8. The summed E-state index contributed by atoms with van der Waals surface area (Å²) in [6.07, 6.45) is -22.6. The quantitative estimate of drug-likeness (QED) is 0.0421. The van der Waals surface area contributed by atoms with Crippen LogP contribution < -0.4 is 10.2 Å². The number of benzene rings is 4. The maximum Gasteiger partial charge on any atom is 0.331 e. The van der Waals surface area contributed by atoms with Crippen molar-refractivity contribution < 1.29 is 113 Å². The number of aromatic hydroxyl groups is 6. The number of esters is 2. The number of hydrogen-bond acceptors (Lipinski definition) is 24. The number of rotatable bonds is 14. The van der Waals surface area contributed by atoms with E-state index in [1.54, 1.807) is 0 Å². The van der Waals surface area contributed by atoms with Crippen molar-refractivity contribution in [2.24, 2.45) is 0 Å². The van der Waals surface area contributed by atoms with Gasteiger partial charge in [0.25, 0.3) is 0 Å². The molecular formula is C51H52O24. The highest BCUT2D eigenvalue weighted by Crippen LogP contribution is 2.41. The lowest BCUT2D eigenvalue weighted by Crippen LogP contribution is -2.66. The molecule has 0 saturated carbocycles. The third-order valence-electron chi connectivity index (χ3n) is 12.4. The average molecular weight is 1050 g/mol. The Morgan fingerprint density at radius 2 is 1.15 bits per heavy atom. The van der Waals surface area contributed by atoms with Crippen molar-refractivity contribution in [1.82, 2.24) is 0 Å². The standard InChI is InChI=1S/C51H52O24/c1-21-37(60)40(63)42(65)49(68-21)67-20-33-38(61)46(73-35(59)16-8-24-5-12-27(53)13-6-24)48(75-50-43(66)41(64)44(22(2)69-50)72-34(58)15-7-23-3-10-26(52)11-4-23)51(71-33)74-47-39(62)36-31(57)18-28(54)19-32(36)70-45(47)25-9-14-29(55)30(56)17-25/h3-19,21-22,33,37-38,40-44,46,48-57,60-61,63-66H,20H2,1-2H3/b15-7+,16-8-/t21-,22-,33-,37-,38+,40+,41-,42-,43-,44-,46-,48+,49-,50+,51-/m0/s1. The highest BCUT2D eigenvalue weighted by molar-refractivity contribution is 5.89. The normalized spacial score (nSPS) is 30.1. The minimum Gasteiger partial charge on any atom is -0.508 e. The van der Waals surface area contributed by atoms with E-state index in [0.29, 0.717) is 11.1 Å². The van der Waals surface area contributed by atoms with Crippen molar-refractivity contribution in [3.63, 3.8) is 0 Å². The van der Waals surface area contributed by atoms with Crippen molar-refractivity contribution in [3.8, 4) is 51.6 Å². The van der Waals surface area contributed by atoms with E-state index in [1.165, 1.54) is 80.6 Å². The van der Waals surface area contributed by atoms with Crippen molar-refractivity contribution in [2.45, 2.75) is 106 Å². The number of hydrogen-bond donors (Lipinski definition) is 12. The van der Waals surface area contributed by atoms with E-state index in [9.17, 15) is 75.7 Å². The van der Waals surface area contributed by atoms with Gasteiger partial charge in [-0.15, -0.1) is 0 Å². The molecule has 1 aromatic heterocycles. The number of carbonyl (C=O) groups is 2. The van der Waals surface area contributed by atoms with E-state index in [1.807, 2.05) is 0 Å². The number of aliphatic hydroxyl groups is 6. The molecule has 0 bridgehead atoms. The van der Waals surface area contributed by atoms with Gasteiger partial charge in [0.1, 0.15) is 76.7 Å². The maximum absolute atomic E-state index is 14.6. The third-order valence-corrected chi connectivity index (χ3v) is 12.4. The molecule has 4 heterocycles. The first-order chi connectivity index (χ1) is 35.7. The Hall–Kier alpha value is -7.33. The molecule has 4 aromatic carbocycles. The first-order valence-corrected chi connectivity index (χ1v) is 23.1. The van der Waals surface area contributed by atoms with Crippen LogP contribution in [0, 0.1) is 0 Å². The predicted octanol–water partition coefficient (Wildman–Crippen LogP) is 1.10. The Bertz CT molecular complexity index is 2960. The summed E-state index contributed by atoms with van der Waals surface area (Å²) >= 11 is 0. The van der Waals surface area contributed by atoms with Gasteiger partial charge in [-0.05, 0) is 79.6 Å². The van der Waals surface area contributed by atoms with E-state index in [0.717, 1.165) is 36.4 Å². The minimum absolute atomic E-state index is 0.0183. The van der Waals surface area contributed by atoms with Crippen LogP contribution in [0.3, 0.4) is 0 Å². The smallest absolute Gasteiger partial charge is 0.331 e. The van der Waals surface area contributed by atoms with Gasteiger partial charge in [0.2, 0.25) is 17.5 Å². The first-order valence-electron chi connectivity index (χ1n) is 23.1. The van der Waals surface area contributed by atoms with Crippen molar-refractivity contribution in [3.05, 3.63) is 112 Å². The lowest BCUT2D eigenvalue weighted by Gasteiger charge is -2.47. The van der Waals surface area contributed by atoms with Gasteiger partial charge in [0.05, 0.1) is 18.8 Å². The molecular weight excluding hydrogens is 997 g/mol. The molecule has 0 spiro atoms. The zero-order valence-electron chi connectivity index (χ0n) is 39.4. The lowest BCUT2D eigenvalue weighted by atomic mass is 9.96. The molecule has 5 aromatic rings. The van der Waals surface area contributed by atoms with Gasteiger partial charge in [-0.2, -0.15) is 0 Å². The van der Waals surface area contributed by atoms with E-state index in [2.05, 4.69) is 0 Å². The molecule has 0 radical (unpaired) electrons. The second-order valence-electron chi connectivity index (χ2n) is 17.7. The number of phenols is 6. The zero-order chi connectivity index (χ0) is 54.0. The fraction of sp³-hybridized carbons (Fsp3) is 0.353. The van der Waals surface area contributed by atoms with Crippen LogP contribution >= 0.6 is 0 Å². The summed E-state index contributed by atoms with van der Waals surface area (Å²) in [6, 6.07) is 16.3. The Kier molecular flexibility index (Phi) is 16.3. The lowest BCUT2D eigenvalue weighted by molar-refractivity contribution is -0.360. The second-order valence-corrected chi connectivity index (χ2v) is 17.7. The van der Waals surface area contributed by atoms with Gasteiger partial charge in [-0.1, -0.05) is 24.3 Å². The molecule has 75 heavy (non-hydrogen) atoms. The molecule has 400 valence electrons. The van der Waals surface area contributed by atoms with Gasteiger partial charge in [0.15, 0.2) is 48.2 Å². The first kappa shape index (κ1) is 53.9.